The Morgan fingerprint density at radius 1 is 0.812 bits per heavy atom. The van der Waals surface area contributed by atoms with E-state index < -0.39 is 23.6 Å². The van der Waals surface area contributed by atoms with Crippen molar-refractivity contribution in [3.63, 3.8) is 0 Å². The number of nitriles is 1. The first-order valence-electron chi connectivity index (χ1n) is 9.28. The largest absolute Gasteiger partial charge is 0.478 e. The lowest BCUT2D eigenvalue weighted by Crippen LogP contribution is -2.18. The predicted octanol–water partition coefficient (Wildman–Crippen LogP) is 3.75. The van der Waals surface area contributed by atoms with Gasteiger partial charge in [0.1, 0.15) is 0 Å². The molecule has 0 saturated carbocycles. The molecule has 158 valence electrons. The van der Waals surface area contributed by atoms with Gasteiger partial charge in [0.2, 0.25) is 0 Å². The first-order valence-corrected chi connectivity index (χ1v) is 9.28. The van der Waals surface area contributed by atoms with Crippen molar-refractivity contribution in [1.82, 2.24) is 0 Å². The zero-order chi connectivity index (χ0) is 23.4. The summed E-state index contributed by atoms with van der Waals surface area (Å²) in [5.41, 5.74) is 0.783. The zero-order valence-corrected chi connectivity index (χ0v) is 16.7. The Morgan fingerprint density at radius 2 is 1.44 bits per heavy atom. The molecule has 32 heavy (non-hydrogen) atoms. The van der Waals surface area contributed by atoms with E-state index >= 15 is 0 Å². The number of hydrogen-bond acceptors (Lipinski definition) is 5. The van der Waals surface area contributed by atoms with E-state index in [0.29, 0.717) is 16.8 Å². The van der Waals surface area contributed by atoms with Gasteiger partial charge < -0.3 is 15.5 Å². The van der Waals surface area contributed by atoms with Crippen molar-refractivity contribution in [3.05, 3.63) is 99.6 Å². The molecule has 3 N–H and O–H groups in total. The molecular weight excluding hydrogens is 412 g/mol. The van der Waals surface area contributed by atoms with Crippen molar-refractivity contribution in [2.75, 3.05) is 5.32 Å². The van der Waals surface area contributed by atoms with Crippen molar-refractivity contribution in [2.24, 2.45) is 0 Å². The molecule has 3 rings (SSSR count). The van der Waals surface area contributed by atoms with Gasteiger partial charge in [-0.15, -0.1) is 0 Å². The highest BCUT2D eigenvalue weighted by molar-refractivity contribution is 6.15. The van der Waals surface area contributed by atoms with Crippen molar-refractivity contribution < 1.29 is 29.4 Å². The van der Waals surface area contributed by atoms with Crippen LogP contribution >= 0.6 is 0 Å². The maximum atomic E-state index is 12.9. The van der Waals surface area contributed by atoms with E-state index in [1.165, 1.54) is 36.4 Å². The molecule has 0 aliphatic carbocycles. The number of aromatic carboxylic acids is 2. The first-order chi connectivity index (χ1) is 15.2. The number of carbonyl (C=O) groups excluding carboxylic acids is 2. The second-order valence-electron chi connectivity index (χ2n) is 6.88. The number of hydrogen-bond donors (Lipinski definition) is 3. The maximum absolute atomic E-state index is 12.9. The molecule has 0 bridgehead atoms. The molecule has 0 atom stereocenters. The molecule has 0 spiro atoms. The Labute approximate surface area is 182 Å². The fourth-order valence-corrected chi connectivity index (χ4v) is 3.14. The van der Waals surface area contributed by atoms with Crippen molar-refractivity contribution in [2.45, 2.75) is 6.92 Å². The van der Waals surface area contributed by atoms with Gasteiger partial charge in [-0.3, -0.25) is 9.59 Å². The highest BCUT2D eigenvalue weighted by atomic mass is 16.4. The Kier molecular flexibility index (Phi) is 6.12. The summed E-state index contributed by atoms with van der Waals surface area (Å²) in [6.45, 7) is 1.56. The topological polar surface area (TPSA) is 145 Å². The molecule has 0 aliphatic heterocycles. The third kappa shape index (κ3) is 4.52. The average molecular weight is 428 g/mol. The number of ketones is 1. The van der Waals surface area contributed by atoms with Crippen LogP contribution in [0.5, 0.6) is 0 Å². The van der Waals surface area contributed by atoms with Gasteiger partial charge in [0, 0.05) is 16.8 Å². The Balaban J connectivity index is 1.98. The third-order valence-corrected chi connectivity index (χ3v) is 4.73. The summed E-state index contributed by atoms with van der Waals surface area (Å²) in [5.74, 6) is -3.72. The summed E-state index contributed by atoms with van der Waals surface area (Å²) in [5, 5.41) is 30.1. The normalized spacial score (nSPS) is 10.1. The van der Waals surface area contributed by atoms with Gasteiger partial charge in [-0.2, -0.15) is 5.26 Å². The minimum Gasteiger partial charge on any atom is -0.478 e. The number of anilines is 1. The number of carbonyl (C=O) groups is 4. The van der Waals surface area contributed by atoms with Gasteiger partial charge in [-0.25, -0.2) is 9.59 Å². The lowest BCUT2D eigenvalue weighted by Gasteiger charge is -2.11. The van der Waals surface area contributed by atoms with Crippen LogP contribution in [0.3, 0.4) is 0 Å². The quantitative estimate of drug-likeness (QED) is 0.507. The van der Waals surface area contributed by atoms with Crippen LogP contribution in [0.15, 0.2) is 60.7 Å². The number of nitrogens with one attached hydrogen (secondary N) is 1. The number of carboxylic acids is 2. The first kappa shape index (κ1) is 21.9. The second kappa shape index (κ2) is 8.93. The molecular formula is C24H16N2O6. The van der Waals surface area contributed by atoms with Crippen LogP contribution in [0.1, 0.15) is 58.1 Å². The summed E-state index contributed by atoms with van der Waals surface area (Å²) in [6, 6.07) is 15.7. The molecule has 8 heteroatoms. The minimum atomic E-state index is -1.35. The van der Waals surface area contributed by atoms with Crippen LogP contribution in [0, 0.1) is 18.3 Å². The lowest BCUT2D eigenvalue weighted by molar-refractivity contribution is 0.0684. The zero-order valence-electron chi connectivity index (χ0n) is 16.7. The maximum Gasteiger partial charge on any atom is 0.336 e. The number of nitrogens with zero attached hydrogens (tertiary/aromatic N) is 1. The van der Waals surface area contributed by atoms with E-state index in [4.69, 9.17) is 10.4 Å². The van der Waals surface area contributed by atoms with Crippen LogP contribution < -0.4 is 5.32 Å². The summed E-state index contributed by atoms with van der Waals surface area (Å²) in [7, 11) is 0. The number of benzene rings is 3. The van der Waals surface area contributed by atoms with Gasteiger partial charge in [-0.1, -0.05) is 18.2 Å². The SMILES string of the molecule is Cc1cc(C(=O)c2ccc(C(=O)O)c(C(=O)Nc3cccc(C#N)c3)c2)ccc1C(=O)O. The van der Waals surface area contributed by atoms with Gasteiger partial charge >= 0.3 is 11.9 Å². The fourth-order valence-electron chi connectivity index (χ4n) is 3.14. The van der Waals surface area contributed by atoms with Crippen LogP contribution in [0.2, 0.25) is 0 Å². The van der Waals surface area contributed by atoms with Gasteiger partial charge in [-0.05, 0) is 55.0 Å². The van der Waals surface area contributed by atoms with Gasteiger partial charge in [0.15, 0.2) is 5.78 Å². The molecule has 0 fully saturated rings. The number of aryl methyl sites for hydroxylation is 1. The summed E-state index contributed by atoms with van der Waals surface area (Å²) in [6.07, 6.45) is 0. The van der Waals surface area contributed by atoms with Gasteiger partial charge in [0.05, 0.1) is 28.3 Å². The molecule has 3 aromatic carbocycles. The number of carboxylic acid groups (broad SMARTS) is 2. The molecule has 8 nitrogen and oxygen atoms in total. The molecule has 0 saturated heterocycles. The summed E-state index contributed by atoms with van der Waals surface area (Å²) in [4.78, 5) is 48.5. The lowest BCUT2D eigenvalue weighted by atomic mass is 9.95. The summed E-state index contributed by atoms with van der Waals surface area (Å²) >= 11 is 0. The Bertz CT molecular complexity index is 1320. The third-order valence-electron chi connectivity index (χ3n) is 4.73. The van der Waals surface area contributed by atoms with Crippen LogP contribution in [0.25, 0.3) is 0 Å². The number of amides is 1. The molecule has 1 amide bonds. The highest BCUT2D eigenvalue weighted by Crippen LogP contribution is 2.20. The van der Waals surface area contributed by atoms with E-state index in [1.807, 2.05) is 6.07 Å². The van der Waals surface area contributed by atoms with Crippen molar-refractivity contribution >= 4 is 29.3 Å². The molecule has 0 heterocycles. The Hall–Kier alpha value is -4.77. The second-order valence-corrected chi connectivity index (χ2v) is 6.88. The number of rotatable bonds is 6. The standard InChI is InChI=1S/C24H16N2O6/c1-13-9-15(5-7-18(13)23(29)30)21(27)16-6-8-19(24(31)32)20(11-16)22(28)26-17-4-2-3-14(10-17)12-25/h2-11H,1H3,(H,26,28)(H,29,30)(H,31,32). The van der Waals surface area contributed by atoms with E-state index in [-0.39, 0.29) is 27.8 Å². The van der Waals surface area contributed by atoms with Crippen LogP contribution in [-0.2, 0) is 0 Å². The van der Waals surface area contributed by atoms with Crippen molar-refractivity contribution in [1.29, 1.82) is 5.26 Å². The van der Waals surface area contributed by atoms with E-state index in [1.54, 1.807) is 25.1 Å². The smallest absolute Gasteiger partial charge is 0.336 e. The van der Waals surface area contributed by atoms with E-state index in [0.717, 1.165) is 6.07 Å². The van der Waals surface area contributed by atoms with E-state index in [2.05, 4.69) is 5.32 Å². The molecule has 0 unspecified atom stereocenters. The average Bonchev–Trinajstić information content (AvgIpc) is 2.77. The molecule has 3 aromatic rings. The fraction of sp³-hybridized carbons (Fsp3) is 0.0417. The van der Waals surface area contributed by atoms with Gasteiger partial charge in [0.25, 0.3) is 5.91 Å². The Morgan fingerprint density at radius 3 is 2.03 bits per heavy atom. The predicted molar refractivity (Wildman–Crippen MR) is 114 cm³/mol. The highest BCUT2D eigenvalue weighted by Gasteiger charge is 2.21. The van der Waals surface area contributed by atoms with Crippen LogP contribution in [0.4, 0.5) is 5.69 Å². The minimum absolute atomic E-state index is 0.0578. The molecule has 0 aliphatic rings. The molecule has 0 aromatic heterocycles. The monoisotopic (exact) mass is 428 g/mol. The van der Waals surface area contributed by atoms with Crippen LogP contribution in [-0.4, -0.2) is 33.8 Å². The summed E-state index contributed by atoms with van der Waals surface area (Å²) < 4.78 is 0. The van der Waals surface area contributed by atoms with E-state index in [9.17, 15) is 24.3 Å². The molecule has 0 radical (unpaired) electrons. The van der Waals surface area contributed by atoms with Crippen molar-refractivity contribution in [3.8, 4) is 6.07 Å².